The highest BCUT2D eigenvalue weighted by Crippen LogP contribution is 2.43. The Balaban J connectivity index is 2.61. The number of allylic oxidation sites excluding steroid dienone is 2. The highest BCUT2D eigenvalue weighted by Gasteiger charge is 2.31. The van der Waals surface area contributed by atoms with Crippen molar-refractivity contribution in [3.63, 3.8) is 0 Å². The van der Waals surface area contributed by atoms with Gasteiger partial charge in [-0.05, 0) is 56.8 Å². The van der Waals surface area contributed by atoms with Gasteiger partial charge in [0.15, 0.2) is 0 Å². The molecule has 0 unspecified atom stereocenters. The molecule has 1 nitrogen and oxygen atoms in total. The highest BCUT2D eigenvalue weighted by molar-refractivity contribution is 6.70. The lowest BCUT2D eigenvalue weighted by Gasteiger charge is -2.37. The average Bonchev–Trinajstić information content (AvgIpc) is 2.21. The Labute approximate surface area is 109 Å². The summed E-state index contributed by atoms with van der Waals surface area (Å²) in [6.45, 7) is 11.4. The number of rotatable bonds is 6. The summed E-state index contributed by atoms with van der Waals surface area (Å²) in [7, 11) is -1.40. The molecule has 0 aromatic heterocycles. The van der Waals surface area contributed by atoms with Crippen molar-refractivity contribution in [2.45, 2.75) is 78.4 Å². The van der Waals surface area contributed by atoms with Gasteiger partial charge >= 0.3 is 0 Å². The summed E-state index contributed by atoms with van der Waals surface area (Å²) in [5.41, 5.74) is 0.593. The van der Waals surface area contributed by atoms with Crippen LogP contribution in [0.15, 0.2) is 11.8 Å². The summed E-state index contributed by atoms with van der Waals surface area (Å²) in [5.74, 6) is 1.28. The van der Waals surface area contributed by atoms with Crippen molar-refractivity contribution in [2.75, 3.05) is 0 Å². The van der Waals surface area contributed by atoms with Gasteiger partial charge < -0.3 is 4.43 Å². The summed E-state index contributed by atoms with van der Waals surface area (Å²) >= 11 is 0. The summed E-state index contributed by atoms with van der Waals surface area (Å²) < 4.78 is 6.13. The Bertz CT molecular complexity index is 257. The Morgan fingerprint density at radius 3 is 2.12 bits per heavy atom. The van der Waals surface area contributed by atoms with Gasteiger partial charge in [0.25, 0.3) is 0 Å². The van der Waals surface area contributed by atoms with E-state index in [0.717, 1.165) is 0 Å². The molecule has 0 aromatic carbocycles. The molecule has 0 spiro atoms. The van der Waals surface area contributed by atoms with Gasteiger partial charge in [-0.2, -0.15) is 0 Å². The molecule has 1 aliphatic carbocycles. The smallest absolute Gasteiger partial charge is 0.241 e. The van der Waals surface area contributed by atoms with Crippen LogP contribution in [0.1, 0.15) is 58.8 Å². The second kappa shape index (κ2) is 6.08. The van der Waals surface area contributed by atoms with Gasteiger partial charge in [-0.1, -0.05) is 26.7 Å². The van der Waals surface area contributed by atoms with E-state index in [-0.39, 0.29) is 0 Å². The van der Waals surface area contributed by atoms with Crippen LogP contribution in [-0.2, 0) is 4.43 Å². The molecule has 0 saturated carbocycles. The average molecular weight is 254 g/mol. The molecule has 0 N–H and O–H groups in total. The van der Waals surface area contributed by atoms with Crippen molar-refractivity contribution < 1.29 is 4.43 Å². The van der Waals surface area contributed by atoms with E-state index in [2.05, 4.69) is 39.6 Å². The minimum Gasteiger partial charge on any atom is -0.548 e. The zero-order valence-electron chi connectivity index (χ0n) is 12.4. The fourth-order valence-electron chi connectivity index (χ4n) is 3.05. The summed E-state index contributed by atoms with van der Waals surface area (Å²) in [6, 6.07) is 0. The molecule has 17 heavy (non-hydrogen) atoms. The van der Waals surface area contributed by atoms with Gasteiger partial charge in [-0.25, -0.2) is 0 Å². The van der Waals surface area contributed by atoms with Crippen LogP contribution >= 0.6 is 0 Å². The summed E-state index contributed by atoms with van der Waals surface area (Å²) in [6.07, 6.45) is 11.6. The molecule has 0 heterocycles. The largest absolute Gasteiger partial charge is 0.548 e. The van der Waals surface area contributed by atoms with Crippen LogP contribution in [0.25, 0.3) is 0 Å². The van der Waals surface area contributed by atoms with Gasteiger partial charge in [-0.15, -0.1) is 0 Å². The lowest BCUT2D eigenvalue weighted by atomic mass is 9.70. The van der Waals surface area contributed by atoms with Gasteiger partial charge in [0.05, 0.1) is 5.76 Å². The fraction of sp³-hybridized carbons (Fsp3) is 0.867. The van der Waals surface area contributed by atoms with Crippen LogP contribution < -0.4 is 0 Å². The standard InChI is InChI=1S/C15H30OSi/c1-6-10-15(11-7-2)12-8-14(9-13-15)16-17(3,4)5/h8H,6-7,9-13H2,1-5H3. The molecule has 0 radical (unpaired) electrons. The van der Waals surface area contributed by atoms with E-state index >= 15 is 0 Å². The molecule has 0 atom stereocenters. The van der Waals surface area contributed by atoms with Crippen LogP contribution in [0.5, 0.6) is 0 Å². The van der Waals surface area contributed by atoms with Crippen molar-refractivity contribution in [1.29, 1.82) is 0 Å². The molecule has 0 aliphatic heterocycles. The van der Waals surface area contributed by atoms with Gasteiger partial charge in [0.2, 0.25) is 8.32 Å². The van der Waals surface area contributed by atoms with Crippen LogP contribution in [0, 0.1) is 5.41 Å². The van der Waals surface area contributed by atoms with E-state index in [9.17, 15) is 0 Å². The van der Waals surface area contributed by atoms with E-state index in [4.69, 9.17) is 4.43 Å². The lowest BCUT2D eigenvalue weighted by molar-refractivity contribution is 0.188. The van der Waals surface area contributed by atoms with Gasteiger partial charge in [0.1, 0.15) is 0 Å². The first-order chi connectivity index (χ1) is 7.91. The predicted octanol–water partition coefficient (Wildman–Crippen LogP) is 5.49. The molecular weight excluding hydrogens is 224 g/mol. The Morgan fingerprint density at radius 1 is 1.18 bits per heavy atom. The summed E-state index contributed by atoms with van der Waals surface area (Å²) in [5, 5.41) is 0. The monoisotopic (exact) mass is 254 g/mol. The molecule has 1 rings (SSSR count). The first-order valence-electron chi connectivity index (χ1n) is 7.29. The molecule has 0 amide bonds. The quantitative estimate of drug-likeness (QED) is 0.569. The molecule has 2 heteroatoms. The SMILES string of the molecule is CCCC1(CCC)CC=C(O[Si](C)(C)C)CC1. The molecule has 0 bridgehead atoms. The molecular formula is C15H30OSi. The Kier molecular flexibility index (Phi) is 5.30. The molecule has 100 valence electrons. The Morgan fingerprint density at radius 2 is 1.76 bits per heavy atom. The Hall–Kier alpha value is -0.243. The van der Waals surface area contributed by atoms with E-state index in [1.165, 1.54) is 50.7 Å². The zero-order valence-corrected chi connectivity index (χ0v) is 13.4. The van der Waals surface area contributed by atoms with Crippen LogP contribution in [0.4, 0.5) is 0 Å². The first kappa shape index (κ1) is 14.8. The second-order valence-corrected chi connectivity index (χ2v) is 11.0. The second-order valence-electron chi connectivity index (χ2n) is 6.59. The molecule has 0 aromatic rings. The summed E-state index contributed by atoms with van der Waals surface area (Å²) in [4.78, 5) is 0. The van der Waals surface area contributed by atoms with Gasteiger partial charge in [0, 0.05) is 6.42 Å². The minimum atomic E-state index is -1.40. The van der Waals surface area contributed by atoms with Crippen molar-refractivity contribution in [3.8, 4) is 0 Å². The van der Waals surface area contributed by atoms with Crippen LogP contribution in [0.2, 0.25) is 19.6 Å². The normalized spacial score (nSPS) is 19.9. The van der Waals surface area contributed by atoms with E-state index < -0.39 is 8.32 Å². The van der Waals surface area contributed by atoms with Crippen molar-refractivity contribution in [3.05, 3.63) is 11.8 Å². The van der Waals surface area contributed by atoms with Crippen molar-refractivity contribution in [2.24, 2.45) is 5.41 Å². The molecule has 0 fully saturated rings. The van der Waals surface area contributed by atoms with Crippen LogP contribution in [0.3, 0.4) is 0 Å². The maximum Gasteiger partial charge on any atom is 0.241 e. The van der Waals surface area contributed by atoms with E-state index in [1.807, 2.05) is 0 Å². The maximum absolute atomic E-state index is 6.13. The maximum atomic E-state index is 6.13. The fourth-order valence-corrected chi connectivity index (χ4v) is 4.02. The lowest BCUT2D eigenvalue weighted by Crippen LogP contribution is -2.29. The predicted molar refractivity (Wildman–Crippen MR) is 78.6 cm³/mol. The van der Waals surface area contributed by atoms with Crippen molar-refractivity contribution in [1.82, 2.24) is 0 Å². The van der Waals surface area contributed by atoms with E-state index in [0.29, 0.717) is 5.41 Å². The third kappa shape index (κ3) is 4.87. The highest BCUT2D eigenvalue weighted by atomic mass is 28.4. The number of hydrogen-bond donors (Lipinski definition) is 0. The minimum absolute atomic E-state index is 0.593. The number of hydrogen-bond acceptors (Lipinski definition) is 1. The third-order valence-electron chi connectivity index (χ3n) is 3.66. The van der Waals surface area contributed by atoms with Crippen LogP contribution in [-0.4, -0.2) is 8.32 Å². The zero-order chi connectivity index (χ0) is 12.9. The third-order valence-corrected chi connectivity index (χ3v) is 4.54. The van der Waals surface area contributed by atoms with Crippen molar-refractivity contribution >= 4 is 8.32 Å². The first-order valence-corrected chi connectivity index (χ1v) is 10.7. The van der Waals surface area contributed by atoms with Gasteiger partial charge in [-0.3, -0.25) is 0 Å². The molecule has 1 aliphatic rings. The topological polar surface area (TPSA) is 9.23 Å². The van der Waals surface area contributed by atoms with E-state index in [1.54, 1.807) is 0 Å². The molecule has 0 saturated heterocycles.